The topological polar surface area (TPSA) is 122 Å². The summed E-state index contributed by atoms with van der Waals surface area (Å²) in [5.74, 6) is 0.900. The van der Waals surface area contributed by atoms with Crippen molar-refractivity contribution in [2.75, 3.05) is 10.2 Å². The van der Waals surface area contributed by atoms with E-state index in [1.54, 1.807) is 23.2 Å². The van der Waals surface area contributed by atoms with Crippen molar-refractivity contribution in [3.63, 3.8) is 0 Å². The highest BCUT2D eigenvalue weighted by molar-refractivity contribution is 7.21. The molecule has 1 aromatic carbocycles. The van der Waals surface area contributed by atoms with E-state index in [2.05, 4.69) is 20.6 Å². The summed E-state index contributed by atoms with van der Waals surface area (Å²) in [5.41, 5.74) is 8.49. The summed E-state index contributed by atoms with van der Waals surface area (Å²) in [5, 5.41) is 6.79. The number of carbonyl (C=O) groups excluding carboxylic acids is 2. The molecule has 188 valence electrons. The Labute approximate surface area is 217 Å². The van der Waals surface area contributed by atoms with Crippen molar-refractivity contribution in [2.24, 2.45) is 5.73 Å². The molecule has 0 unspecified atom stereocenters. The molecule has 3 aromatic heterocycles. The Bertz CT molecular complexity index is 1510. The van der Waals surface area contributed by atoms with Crippen LogP contribution in [0.1, 0.15) is 41.0 Å². The summed E-state index contributed by atoms with van der Waals surface area (Å²) in [6, 6.07) is 14.5. The summed E-state index contributed by atoms with van der Waals surface area (Å²) in [6.45, 7) is 1.83. The third kappa shape index (κ3) is 4.38. The molecule has 0 radical (unpaired) electrons. The zero-order valence-electron chi connectivity index (χ0n) is 20.2. The molecule has 2 atom stereocenters. The van der Waals surface area contributed by atoms with Gasteiger partial charge in [-0.3, -0.25) is 9.69 Å². The van der Waals surface area contributed by atoms with Crippen molar-refractivity contribution in [1.29, 1.82) is 0 Å². The first-order valence-corrected chi connectivity index (χ1v) is 13.1. The van der Waals surface area contributed by atoms with Crippen LogP contribution in [0.15, 0.2) is 54.7 Å². The Balaban J connectivity index is 1.33. The van der Waals surface area contributed by atoms with E-state index in [0.29, 0.717) is 44.1 Å². The van der Waals surface area contributed by atoms with Crippen molar-refractivity contribution in [3.05, 3.63) is 65.3 Å². The summed E-state index contributed by atoms with van der Waals surface area (Å²) in [6.07, 6.45) is 5.28. The fourth-order valence-electron chi connectivity index (χ4n) is 5.03. The van der Waals surface area contributed by atoms with Crippen LogP contribution in [-0.2, 0) is 0 Å². The molecule has 2 aliphatic rings. The Morgan fingerprint density at radius 3 is 2.78 bits per heavy atom. The predicted molar refractivity (Wildman–Crippen MR) is 144 cm³/mol. The minimum absolute atomic E-state index is 0.0298. The minimum atomic E-state index is -0.367. The number of anilines is 3. The number of carbonyl (C=O) groups is 2. The van der Waals surface area contributed by atoms with Crippen LogP contribution in [0, 0.1) is 6.92 Å². The lowest BCUT2D eigenvalue weighted by atomic mass is 9.91. The van der Waals surface area contributed by atoms with E-state index < -0.39 is 0 Å². The number of thiophene rings is 1. The molecule has 10 heteroatoms. The number of pyridine rings is 2. The van der Waals surface area contributed by atoms with Gasteiger partial charge in [0, 0.05) is 24.3 Å². The van der Waals surface area contributed by atoms with Crippen LogP contribution in [-0.4, -0.2) is 34.0 Å². The number of nitrogens with zero attached hydrogens (tertiary/aromatic N) is 3. The first kappa shape index (κ1) is 23.4. The van der Waals surface area contributed by atoms with Gasteiger partial charge in [0.25, 0.3) is 5.91 Å². The molecule has 9 nitrogen and oxygen atoms in total. The van der Waals surface area contributed by atoms with E-state index in [1.807, 2.05) is 43.3 Å². The number of nitrogens with two attached hydrogens (primary N) is 1. The van der Waals surface area contributed by atoms with Crippen LogP contribution in [0.4, 0.5) is 21.9 Å². The van der Waals surface area contributed by atoms with E-state index in [-0.39, 0.29) is 24.0 Å². The van der Waals surface area contributed by atoms with Crippen molar-refractivity contribution >= 4 is 50.6 Å². The number of aryl methyl sites for hydroxylation is 1. The van der Waals surface area contributed by atoms with Gasteiger partial charge >= 0.3 is 6.03 Å². The maximum Gasteiger partial charge on any atom is 0.331 e. The van der Waals surface area contributed by atoms with Crippen LogP contribution in [0.3, 0.4) is 0 Å². The fourth-order valence-corrected chi connectivity index (χ4v) is 6.05. The van der Waals surface area contributed by atoms with Crippen LogP contribution in [0.5, 0.6) is 11.6 Å². The van der Waals surface area contributed by atoms with Gasteiger partial charge < -0.3 is 21.1 Å². The molecular weight excluding hydrogens is 488 g/mol. The molecule has 0 saturated heterocycles. The normalized spacial score (nSPS) is 19.0. The molecule has 0 spiro atoms. The number of aromatic nitrogens is 2. The Kier molecular flexibility index (Phi) is 5.97. The second kappa shape index (κ2) is 9.45. The number of amides is 3. The smallest absolute Gasteiger partial charge is 0.331 e. The van der Waals surface area contributed by atoms with E-state index in [4.69, 9.17) is 10.5 Å². The average molecular weight is 515 g/mol. The van der Waals surface area contributed by atoms with Gasteiger partial charge in [-0.1, -0.05) is 18.2 Å². The molecular formula is C27H26N6O3S. The lowest BCUT2D eigenvalue weighted by Crippen LogP contribution is -2.42. The molecule has 1 aliphatic heterocycles. The third-order valence-corrected chi connectivity index (χ3v) is 7.84. The largest absolute Gasteiger partial charge is 0.439 e. The number of nitrogens with one attached hydrogen (secondary N) is 2. The highest BCUT2D eigenvalue weighted by atomic mass is 32.1. The van der Waals surface area contributed by atoms with Gasteiger partial charge in [0.15, 0.2) is 0 Å². The quantitative estimate of drug-likeness (QED) is 0.324. The number of hydrogen-bond acceptors (Lipinski definition) is 7. The maximum absolute atomic E-state index is 13.4. The van der Waals surface area contributed by atoms with Gasteiger partial charge in [0.2, 0.25) is 5.88 Å². The second-order valence-corrected chi connectivity index (χ2v) is 10.3. The van der Waals surface area contributed by atoms with Crippen molar-refractivity contribution in [1.82, 2.24) is 15.3 Å². The Morgan fingerprint density at radius 1 is 1.16 bits per heavy atom. The number of ether oxygens (including phenoxy) is 1. The third-order valence-electron chi connectivity index (χ3n) is 6.74. The van der Waals surface area contributed by atoms with E-state index in [1.165, 1.54) is 11.3 Å². The fraction of sp³-hybridized carbons (Fsp3) is 0.259. The predicted octanol–water partition coefficient (Wildman–Crippen LogP) is 5.48. The first-order chi connectivity index (χ1) is 18.0. The van der Waals surface area contributed by atoms with Gasteiger partial charge in [0.1, 0.15) is 15.5 Å². The van der Waals surface area contributed by atoms with Gasteiger partial charge in [-0.2, -0.15) is 0 Å². The number of rotatable bonds is 5. The number of benzene rings is 1. The molecule has 6 rings (SSSR count). The van der Waals surface area contributed by atoms with E-state index >= 15 is 0 Å². The molecule has 1 saturated carbocycles. The van der Waals surface area contributed by atoms with Crippen molar-refractivity contribution < 1.29 is 14.3 Å². The van der Waals surface area contributed by atoms with E-state index in [0.717, 1.165) is 31.1 Å². The van der Waals surface area contributed by atoms with Crippen LogP contribution < -0.4 is 26.0 Å². The highest BCUT2D eigenvalue weighted by Crippen LogP contribution is 2.46. The second-order valence-electron chi connectivity index (χ2n) is 9.35. The zero-order chi connectivity index (χ0) is 25.5. The summed E-state index contributed by atoms with van der Waals surface area (Å²) in [4.78, 5) is 38.4. The monoisotopic (exact) mass is 514 g/mol. The first-order valence-electron chi connectivity index (χ1n) is 12.3. The summed E-state index contributed by atoms with van der Waals surface area (Å²) in [7, 11) is 0. The number of hydrogen-bond donors (Lipinski definition) is 3. The Hall–Kier alpha value is -4.02. The minimum Gasteiger partial charge on any atom is -0.439 e. The molecule has 4 N–H and O–H groups in total. The van der Waals surface area contributed by atoms with Gasteiger partial charge in [-0.05, 0) is 56.9 Å². The highest BCUT2D eigenvalue weighted by Gasteiger charge is 2.34. The SMILES string of the molecule is Cc1nc(Oc2ccccc2)ccc1N1C(=O)Nc2c(C(=O)N[C@H]3CCC[C@@H](N)C3)sc3nccc1c23. The summed E-state index contributed by atoms with van der Waals surface area (Å²) >= 11 is 1.28. The van der Waals surface area contributed by atoms with Crippen LogP contribution >= 0.6 is 11.3 Å². The van der Waals surface area contributed by atoms with Crippen LogP contribution in [0.25, 0.3) is 10.2 Å². The Morgan fingerprint density at radius 2 is 2.00 bits per heavy atom. The lowest BCUT2D eigenvalue weighted by Gasteiger charge is -2.29. The molecule has 3 amide bonds. The van der Waals surface area contributed by atoms with Crippen LogP contribution in [0.2, 0.25) is 0 Å². The molecule has 37 heavy (non-hydrogen) atoms. The molecule has 0 bridgehead atoms. The number of urea groups is 1. The zero-order valence-corrected chi connectivity index (χ0v) is 21.0. The van der Waals surface area contributed by atoms with Gasteiger partial charge in [0.05, 0.1) is 28.1 Å². The molecule has 4 heterocycles. The maximum atomic E-state index is 13.4. The average Bonchev–Trinajstić information content (AvgIpc) is 3.25. The lowest BCUT2D eigenvalue weighted by molar-refractivity contribution is 0.0930. The number of para-hydroxylation sites is 1. The van der Waals surface area contributed by atoms with Gasteiger partial charge in [-0.25, -0.2) is 14.8 Å². The van der Waals surface area contributed by atoms with Crippen molar-refractivity contribution in [2.45, 2.75) is 44.7 Å². The molecule has 1 aliphatic carbocycles. The van der Waals surface area contributed by atoms with Crippen molar-refractivity contribution in [3.8, 4) is 11.6 Å². The molecule has 1 fully saturated rings. The molecule has 4 aromatic rings. The van der Waals surface area contributed by atoms with Gasteiger partial charge in [-0.15, -0.1) is 11.3 Å². The van der Waals surface area contributed by atoms with E-state index in [9.17, 15) is 9.59 Å². The standard InChI is InChI=1S/C27H26N6O3S/c1-15-19(10-11-21(30-15)36-18-8-3-2-4-9-18)33-20-12-13-29-26-22(20)23(32-27(33)35)24(37-26)25(34)31-17-7-5-6-16(28)14-17/h2-4,8-13,16-17H,5-7,14,28H2,1H3,(H,31,34)(H,32,35)/t16-,17+/m1/s1. The summed E-state index contributed by atoms with van der Waals surface area (Å²) < 4.78 is 5.85.